The summed E-state index contributed by atoms with van der Waals surface area (Å²) >= 11 is 0. The second-order valence-electron chi connectivity index (χ2n) is 7.41. The Hall–Kier alpha value is -3.06. The molecule has 2 fully saturated rings. The summed E-state index contributed by atoms with van der Waals surface area (Å²) in [7, 11) is 0. The molecular formula is C23H27N3O4. The molecule has 2 aromatic carbocycles. The molecule has 0 unspecified atom stereocenters. The Morgan fingerprint density at radius 3 is 2.57 bits per heavy atom. The molecule has 158 valence electrons. The molecule has 0 aromatic heterocycles. The fraction of sp³-hybridized carbons (Fsp3) is 0.391. The van der Waals surface area contributed by atoms with E-state index in [1.165, 1.54) is 0 Å². The second kappa shape index (κ2) is 9.17. The zero-order valence-corrected chi connectivity index (χ0v) is 17.2. The summed E-state index contributed by atoms with van der Waals surface area (Å²) in [5.41, 5.74) is 2.47. The van der Waals surface area contributed by atoms with E-state index in [1.54, 1.807) is 4.90 Å². The highest BCUT2D eigenvalue weighted by molar-refractivity contribution is 6.05. The van der Waals surface area contributed by atoms with Crippen LogP contribution >= 0.6 is 0 Å². The van der Waals surface area contributed by atoms with E-state index in [0.29, 0.717) is 37.8 Å². The van der Waals surface area contributed by atoms with E-state index < -0.39 is 5.92 Å². The lowest BCUT2D eigenvalue weighted by Crippen LogP contribution is -2.37. The Bertz CT molecular complexity index is 911. The Balaban J connectivity index is 1.48. The van der Waals surface area contributed by atoms with Crippen LogP contribution in [-0.4, -0.2) is 51.3 Å². The molecule has 2 aromatic rings. The van der Waals surface area contributed by atoms with Crippen LogP contribution in [0.1, 0.15) is 13.3 Å². The molecule has 2 amide bonds. The highest BCUT2D eigenvalue weighted by Crippen LogP contribution is 2.34. The van der Waals surface area contributed by atoms with Crippen LogP contribution in [0.25, 0.3) is 0 Å². The fourth-order valence-electron chi connectivity index (χ4n) is 3.97. The molecular weight excluding hydrogens is 382 g/mol. The zero-order chi connectivity index (χ0) is 20.9. The molecule has 7 nitrogen and oxygen atoms in total. The minimum absolute atomic E-state index is 0.0660. The molecule has 2 aliphatic rings. The smallest absolute Gasteiger partial charge is 0.229 e. The van der Waals surface area contributed by atoms with E-state index in [4.69, 9.17) is 9.47 Å². The van der Waals surface area contributed by atoms with Crippen molar-refractivity contribution in [1.29, 1.82) is 0 Å². The summed E-state index contributed by atoms with van der Waals surface area (Å²) in [4.78, 5) is 29.6. The number of rotatable bonds is 6. The lowest BCUT2D eigenvalue weighted by atomic mass is 10.1. The number of ether oxygens (including phenoxy) is 2. The van der Waals surface area contributed by atoms with Crippen molar-refractivity contribution in [1.82, 2.24) is 0 Å². The van der Waals surface area contributed by atoms with Crippen LogP contribution < -0.4 is 19.9 Å². The van der Waals surface area contributed by atoms with E-state index in [2.05, 4.69) is 10.2 Å². The second-order valence-corrected chi connectivity index (χ2v) is 7.41. The molecule has 1 atom stereocenters. The van der Waals surface area contributed by atoms with Crippen LogP contribution in [0.3, 0.4) is 0 Å². The summed E-state index contributed by atoms with van der Waals surface area (Å²) in [6.07, 6.45) is 0.187. The molecule has 0 bridgehead atoms. The zero-order valence-electron chi connectivity index (χ0n) is 17.2. The lowest BCUT2D eigenvalue weighted by Gasteiger charge is -2.30. The number of nitrogens with zero attached hydrogens (tertiary/aromatic N) is 2. The summed E-state index contributed by atoms with van der Waals surface area (Å²) in [5.74, 6) is 0.0428. The largest absolute Gasteiger partial charge is 0.492 e. The molecule has 1 N–H and O–H groups in total. The quantitative estimate of drug-likeness (QED) is 0.794. The van der Waals surface area contributed by atoms with Gasteiger partial charge in [-0.05, 0) is 31.2 Å². The number of morpholine rings is 1. The Labute approximate surface area is 176 Å². The van der Waals surface area contributed by atoms with E-state index >= 15 is 0 Å². The van der Waals surface area contributed by atoms with E-state index in [0.717, 1.165) is 24.5 Å². The van der Waals surface area contributed by atoms with Gasteiger partial charge >= 0.3 is 0 Å². The molecule has 7 heteroatoms. The Kier molecular flexibility index (Phi) is 6.18. The van der Waals surface area contributed by atoms with Gasteiger partial charge in [-0.25, -0.2) is 0 Å². The van der Waals surface area contributed by atoms with Gasteiger partial charge in [-0.3, -0.25) is 9.59 Å². The van der Waals surface area contributed by atoms with Crippen molar-refractivity contribution in [2.24, 2.45) is 5.92 Å². The van der Waals surface area contributed by atoms with E-state index in [9.17, 15) is 9.59 Å². The predicted octanol–water partition coefficient (Wildman–Crippen LogP) is 2.91. The van der Waals surface area contributed by atoms with Crippen molar-refractivity contribution < 1.29 is 19.1 Å². The molecule has 0 radical (unpaired) electrons. The van der Waals surface area contributed by atoms with Crippen LogP contribution in [0.15, 0.2) is 48.5 Å². The van der Waals surface area contributed by atoms with Crippen LogP contribution in [0.2, 0.25) is 0 Å². The maximum atomic E-state index is 13.0. The number of carbonyl (C=O) groups is 2. The summed E-state index contributed by atoms with van der Waals surface area (Å²) in [6, 6.07) is 15.2. The number of para-hydroxylation sites is 4. The molecule has 2 aliphatic heterocycles. The van der Waals surface area contributed by atoms with Gasteiger partial charge in [0.2, 0.25) is 11.8 Å². The third-order valence-corrected chi connectivity index (χ3v) is 5.47. The molecule has 2 saturated heterocycles. The molecule has 2 heterocycles. The van der Waals surface area contributed by atoms with Gasteiger partial charge < -0.3 is 24.6 Å². The Morgan fingerprint density at radius 2 is 1.80 bits per heavy atom. The highest BCUT2D eigenvalue weighted by Gasteiger charge is 2.36. The Morgan fingerprint density at radius 1 is 1.10 bits per heavy atom. The van der Waals surface area contributed by atoms with Crippen molar-refractivity contribution >= 4 is 28.9 Å². The first-order valence-electron chi connectivity index (χ1n) is 10.4. The van der Waals surface area contributed by atoms with Gasteiger partial charge in [0.05, 0.1) is 42.8 Å². The van der Waals surface area contributed by atoms with Gasteiger partial charge in [0, 0.05) is 26.1 Å². The van der Waals surface area contributed by atoms with E-state index in [1.807, 2.05) is 55.5 Å². The topological polar surface area (TPSA) is 71.1 Å². The molecule has 4 rings (SSSR count). The van der Waals surface area contributed by atoms with E-state index in [-0.39, 0.29) is 18.2 Å². The average molecular weight is 409 g/mol. The van der Waals surface area contributed by atoms with Crippen LogP contribution in [0.5, 0.6) is 5.75 Å². The maximum Gasteiger partial charge on any atom is 0.229 e. The number of carbonyl (C=O) groups excluding carboxylic acids is 2. The van der Waals surface area contributed by atoms with Crippen molar-refractivity contribution in [3.8, 4) is 5.75 Å². The minimum Gasteiger partial charge on any atom is -0.492 e. The van der Waals surface area contributed by atoms with Crippen LogP contribution in [0, 0.1) is 5.92 Å². The first-order chi connectivity index (χ1) is 14.7. The first-order valence-corrected chi connectivity index (χ1v) is 10.4. The minimum atomic E-state index is -0.412. The van der Waals surface area contributed by atoms with Gasteiger partial charge in [-0.2, -0.15) is 0 Å². The number of nitrogens with one attached hydrogen (secondary N) is 1. The monoisotopic (exact) mass is 409 g/mol. The van der Waals surface area contributed by atoms with Gasteiger partial charge in [-0.15, -0.1) is 0 Å². The van der Waals surface area contributed by atoms with Crippen molar-refractivity contribution in [2.75, 3.05) is 54.6 Å². The van der Waals surface area contributed by atoms with Crippen LogP contribution in [-0.2, 0) is 14.3 Å². The number of anilines is 3. The average Bonchev–Trinajstić information content (AvgIpc) is 3.17. The number of benzene rings is 2. The molecule has 0 spiro atoms. The maximum absolute atomic E-state index is 13.0. The highest BCUT2D eigenvalue weighted by atomic mass is 16.5. The summed E-state index contributed by atoms with van der Waals surface area (Å²) in [6.45, 7) is 5.69. The summed E-state index contributed by atoms with van der Waals surface area (Å²) in [5, 5.41) is 3.05. The van der Waals surface area contributed by atoms with Crippen molar-refractivity contribution in [3.05, 3.63) is 48.5 Å². The molecule has 0 saturated carbocycles. The van der Waals surface area contributed by atoms with Gasteiger partial charge in [0.15, 0.2) is 0 Å². The third kappa shape index (κ3) is 4.26. The molecule has 0 aliphatic carbocycles. The standard InChI is InChI=1S/C23H27N3O4/c1-2-30-21-10-6-5-9-20(21)26-16-17(15-22(26)27)23(28)24-18-7-3-4-8-19(18)25-11-13-29-14-12-25/h3-10,17H,2,11-16H2,1H3,(H,24,28)/t17-/m1/s1. The molecule has 30 heavy (non-hydrogen) atoms. The van der Waals surface area contributed by atoms with Crippen molar-refractivity contribution in [3.63, 3.8) is 0 Å². The predicted molar refractivity (Wildman–Crippen MR) is 116 cm³/mol. The lowest BCUT2D eigenvalue weighted by molar-refractivity contribution is -0.122. The van der Waals surface area contributed by atoms with Crippen LogP contribution in [0.4, 0.5) is 17.1 Å². The van der Waals surface area contributed by atoms with Gasteiger partial charge in [0.1, 0.15) is 5.75 Å². The number of amides is 2. The van der Waals surface area contributed by atoms with Crippen molar-refractivity contribution in [2.45, 2.75) is 13.3 Å². The first kappa shape index (κ1) is 20.2. The third-order valence-electron chi connectivity index (χ3n) is 5.47. The SMILES string of the molecule is CCOc1ccccc1N1C[C@H](C(=O)Nc2ccccc2N2CCOCC2)CC1=O. The summed E-state index contributed by atoms with van der Waals surface area (Å²) < 4.78 is 11.1. The van der Waals surface area contributed by atoms with Gasteiger partial charge in [-0.1, -0.05) is 24.3 Å². The van der Waals surface area contributed by atoms with Gasteiger partial charge in [0.25, 0.3) is 0 Å². The fourth-order valence-corrected chi connectivity index (χ4v) is 3.97. The number of hydrogen-bond donors (Lipinski definition) is 1. The number of hydrogen-bond acceptors (Lipinski definition) is 5. The normalized spacial score (nSPS) is 19.1.